The molecule has 1 aromatic carbocycles. The highest BCUT2D eigenvalue weighted by Crippen LogP contribution is 2.26. The van der Waals surface area contributed by atoms with Gasteiger partial charge in [-0.25, -0.2) is 0 Å². The van der Waals surface area contributed by atoms with Gasteiger partial charge in [0.1, 0.15) is 5.76 Å². The number of amides is 1. The molecule has 0 unspecified atom stereocenters. The number of aromatic nitrogens is 1. The van der Waals surface area contributed by atoms with Gasteiger partial charge in [0.2, 0.25) is 0 Å². The number of halogens is 1. The normalized spacial score (nSPS) is 14.6. The van der Waals surface area contributed by atoms with Crippen molar-refractivity contribution < 1.29 is 9.21 Å². The van der Waals surface area contributed by atoms with Crippen molar-refractivity contribution in [3.05, 3.63) is 88.0 Å². The van der Waals surface area contributed by atoms with Gasteiger partial charge in [0, 0.05) is 36.0 Å². The molecule has 0 aliphatic heterocycles. The molecule has 4 rings (SSSR count). The molecule has 162 valence electrons. The minimum Gasteiger partial charge on any atom is -0.455 e. The number of rotatable bonds is 8. The second-order valence-electron chi connectivity index (χ2n) is 8.13. The summed E-state index contributed by atoms with van der Waals surface area (Å²) in [5.74, 6) is 0.994. The molecule has 1 amide bonds. The zero-order chi connectivity index (χ0) is 21.5. The Morgan fingerprint density at radius 2 is 1.71 bits per heavy atom. The van der Waals surface area contributed by atoms with E-state index in [0.717, 1.165) is 22.3 Å². The molecule has 2 heterocycles. The molecule has 0 atom stereocenters. The summed E-state index contributed by atoms with van der Waals surface area (Å²) < 4.78 is 7.03. The van der Waals surface area contributed by atoms with Crippen LogP contribution in [0.15, 0.2) is 69.8 Å². The van der Waals surface area contributed by atoms with Crippen LogP contribution in [0.1, 0.15) is 59.5 Å². The first-order valence-corrected chi connectivity index (χ1v) is 11.7. The quantitative estimate of drug-likeness (QED) is 0.448. The molecule has 31 heavy (non-hydrogen) atoms. The van der Waals surface area contributed by atoms with E-state index in [0.29, 0.717) is 24.9 Å². The van der Waals surface area contributed by atoms with Gasteiger partial charge >= 0.3 is 0 Å². The molecular formula is C25H28BrN3O2. The monoisotopic (exact) mass is 481 g/mol. The zero-order valence-electron chi connectivity index (χ0n) is 17.6. The number of carbonyl (C=O) groups is 1. The number of hydrogen-bond acceptors (Lipinski definition) is 4. The van der Waals surface area contributed by atoms with Crippen LogP contribution in [0.2, 0.25) is 0 Å². The molecule has 1 fully saturated rings. The van der Waals surface area contributed by atoms with Gasteiger partial charge in [-0.15, -0.1) is 0 Å². The summed E-state index contributed by atoms with van der Waals surface area (Å²) >= 11 is 3.52. The van der Waals surface area contributed by atoms with Gasteiger partial charge in [0.25, 0.3) is 5.91 Å². The highest BCUT2D eigenvalue weighted by Gasteiger charge is 2.23. The molecule has 3 aromatic rings. The lowest BCUT2D eigenvalue weighted by Crippen LogP contribution is -2.35. The lowest BCUT2D eigenvalue weighted by Gasteiger charge is -2.34. The molecule has 0 saturated heterocycles. The number of furan rings is 1. The maximum Gasteiger partial charge on any atom is 0.287 e. The van der Waals surface area contributed by atoms with E-state index in [2.05, 4.69) is 55.4 Å². The maximum absolute atomic E-state index is 12.5. The lowest BCUT2D eigenvalue weighted by atomic mass is 9.93. The van der Waals surface area contributed by atoms with E-state index in [1.165, 1.54) is 37.7 Å². The van der Waals surface area contributed by atoms with Crippen LogP contribution in [0.5, 0.6) is 0 Å². The van der Waals surface area contributed by atoms with Crippen molar-refractivity contribution >= 4 is 21.8 Å². The van der Waals surface area contributed by atoms with Crippen LogP contribution in [0.4, 0.5) is 0 Å². The molecule has 0 spiro atoms. The fourth-order valence-corrected chi connectivity index (χ4v) is 4.40. The van der Waals surface area contributed by atoms with Crippen molar-refractivity contribution in [2.75, 3.05) is 0 Å². The van der Waals surface area contributed by atoms with Crippen molar-refractivity contribution in [3.63, 3.8) is 0 Å². The first kappa shape index (κ1) is 21.8. The summed E-state index contributed by atoms with van der Waals surface area (Å²) in [6.45, 7) is 2.04. The third kappa shape index (κ3) is 6.28. The Morgan fingerprint density at radius 3 is 2.45 bits per heavy atom. The SMILES string of the molecule is O=C(NCc1ccncc1)c1ccc(CN(Cc2ccc(Br)cc2)C2CCCCC2)o1. The van der Waals surface area contributed by atoms with E-state index in [1.54, 1.807) is 18.5 Å². The third-order valence-corrected chi connectivity index (χ3v) is 6.37. The summed E-state index contributed by atoms with van der Waals surface area (Å²) in [5.41, 5.74) is 2.30. The lowest BCUT2D eigenvalue weighted by molar-refractivity contribution is 0.0913. The van der Waals surface area contributed by atoms with Gasteiger partial charge < -0.3 is 9.73 Å². The van der Waals surface area contributed by atoms with Crippen molar-refractivity contribution in [2.24, 2.45) is 0 Å². The van der Waals surface area contributed by atoms with Crippen LogP contribution in [0.25, 0.3) is 0 Å². The minimum absolute atomic E-state index is 0.194. The highest BCUT2D eigenvalue weighted by molar-refractivity contribution is 9.10. The largest absolute Gasteiger partial charge is 0.455 e. The summed E-state index contributed by atoms with van der Waals surface area (Å²) in [5, 5.41) is 2.91. The minimum atomic E-state index is -0.194. The van der Waals surface area contributed by atoms with Gasteiger partial charge in [0.15, 0.2) is 5.76 Å². The third-order valence-electron chi connectivity index (χ3n) is 5.84. The molecule has 1 aliphatic carbocycles. The molecule has 0 bridgehead atoms. The average molecular weight is 482 g/mol. The molecular weight excluding hydrogens is 454 g/mol. The number of nitrogens with one attached hydrogen (secondary N) is 1. The van der Waals surface area contributed by atoms with Crippen LogP contribution < -0.4 is 5.32 Å². The first-order chi connectivity index (χ1) is 15.2. The van der Waals surface area contributed by atoms with Crippen molar-refractivity contribution in [1.82, 2.24) is 15.2 Å². The Balaban J connectivity index is 1.41. The molecule has 2 aromatic heterocycles. The maximum atomic E-state index is 12.5. The molecule has 5 nitrogen and oxygen atoms in total. The number of nitrogens with zero attached hydrogens (tertiary/aromatic N) is 2. The second-order valence-corrected chi connectivity index (χ2v) is 9.04. The highest BCUT2D eigenvalue weighted by atomic mass is 79.9. The summed E-state index contributed by atoms with van der Waals surface area (Å²) in [7, 11) is 0. The van der Waals surface area contributed by atoms with E-state index in [-0.39, 0.29) is 5.91 Å². The molecule has 1 N–H and O–H groups in total. The summed E-state index contributed by atoms with van der Waals surface area (Å²) in [6.07, 6.45) is 9.76. The van der Waals surface area contributed by atoms with Gasteiger partial charge in [-0.05, 0) is 60.4 Å². The van der Waals surface area contributed by atoms with Crippen LogP contribution in [0, 0.1) is 0 Å². The summed E-state index contributed by atoms with van der Waals surface area (Å²) in [4.78, 5) is 19.0. The summed E-state index contributed by atoms with van der Waals surface area (Å²) in [6, 6.07) is 16.5. The van der Waals surface area contributed by atoms with E-state index in [1.807, 2.05) is 18.2 Å². The van der Waals surface area contributed by atoms with Gasteiger partial charge in [-0.3, -0.25) is 14.7 Å². The predicted molar refractivity (Wildman–Crippen MR) is 124 cm³/mol. The Hall–Kier alpha value is -2.44. The molecule has 0 radical (unpaired) electrons. The van der Waals surface area contributed by atoms with Crippen molar-refractivity contribution in [2.45, 2.75) is 57.8 Å². The smallest absolute Gasteiger partial charge is 0.287 e. The van der Waals surface area contributed by atoms with E-state index in [9.17, 15) is 4.79 Å². The van der Waals surface area contributed by atoms with E-state index >= 15 is 0 Å². The first-order valence-electron chi connectivity index (χ1n) is 10.9. The topological polar surface area (TPSA) is 58.4 Å². The van der Waals surface area contributed by atoms with Crippen LogP contribution in [-0.4, -0.2) is 21.8 Å². The second kappa shape index (κ2) is 10.7. The van der Waals surface area contributed by atoms with Crippen LogP contribution in [0.3, 0.4) is 0 Å². The molecule has 6 heteroatoms. The number of benzene rings is 1. The predicted octanol–water partition coefficient (Wildman–Crippen LogP) is 5.70. The van der Waals surface area contributed by atoms with E-state index < -0.39 is 0 Å². The Labute approximate surface area is 192 Å². The number of hydrogen-bond donors (Lipinski definition) is 1. The number of carbonyl (C=O) groups excluding carboxylic acids is 1. The Bertz CT molecular complexity index is 966. The molecule has 1 aliphatic rings. The van der Waals surface area contributed by atoms with Crippen LogP contribution >= 0.6 is 15.9 Å². The van der Waals surface area contributed by atoms with Gasteiger partial charge in [-0.2, -0.15) is 0 Å². The number of pyridine rings is 1. The fourth-order valence-electron chi connectivity index (χ4n) is 4.14. The van der Waals surface area contributed by atoms with Crippen LogP contribution in [-0.2, 0) is 19.6 Å². The molecule has 1 saturated carbocycles. The average Bonchev–Trinajstić information content (AvgIpc) is 3.28. The van der Waals surface area contributed by atoms with Gasteiger partial charge in [-0.1, -0.05) is 47.3 Å². The standard InChI is InChI=1S/C25H28BrN3O2/c26-21-8-6-20(7-9-21)17-29(22-4-2-1-3-5-22)18-23-10-11-24(31-23)25(30)28-16-19-12-14-27-15-13-19/h6-15,22H,1-5,16-18H2,(H,28,30). The Morgan fingerprint density at radius 1 is 0.968 bits per heavy atom. The van der Waals surface area contributed by atoms with Crippen molar-refractivity contribution in [1.29, 1.82) is 0 Å². The van der Waals surface area contributed by atoms with Crippen molar-refractivity contribution in [3.8, 4) is 0 Å². The van der Waals surface area contributed by atoms with Gasteiger partial charge in [0.05, 0.1) is 6.54 Å². The zero-order valence-corrected chi connectivity index (χ0v) is 19.2. The van der Waals surface area contributed by atoms with E-state index in [4.69, 9.17) is 4.42 Å². The Kier molecular flexibility index (Phi) is 7.54. The fraction of sp³-hybridized carbons (Fsp3) is 0.360.